The molecule has 0 aliphatic carbocycles. The lowest BCUT2D eigenvalue weighted by molar-refractivity contribution is -0.136. The molecule has 1 atom stereocenters. The van der Waals surface area contributed by atoms with Gasteiger partial charge in [-0.2, -0.15) is 0 Å². The smallest absolute Gasteiger partial charge is 0.228 e. The highest BCUT2D eigenvalue weighted by Crippen LogP contribution is 2.31. The van der Waals surface area contributed by atoms with Gasteiger partial charge < -0.3 is 15.4 Å². The predicted molar refractivity (Wildman–Crippen MR) is 107 cm³/mol. The number of carbonyl (C=O) groups excluding carboxylic acids is 1. The lowest BCUT2D eigenvalue weighted by atomic mass is 9.78. The van der Waals surface area contributed by atoms with E-state index in [0.29, 0.717) is 13.2 Å². The highest BCUT2D eigenvalue weighted by Gasteiger charge is 2.39. The summed E-state index contributed by atoms with van der Waals surface area (Å²) in [5, 5.41) is 7.27. The molecule has 0 bridgehead atoms. The Morgan fingerprint density at radius 1 is 1.31 bits per heavy atom. The maximum atomic E-state index is 13.1. The lowest BCUT2D eigenvalue weighted by Crippen LogP contribution is -2.51. The molecule has 1 aromatic carbocycles. The number of benzene rings is 1. The topological polar surface area (TPSA) is 53.6 Å². The number of ether oxygens (including phenoxy) is 1. The van der Waals surface area contributed by atoms with Gasteiger partial charge in [-0.25, -0.2) is 0 Å². The van der Waals surface area contributed by atoms with E-state index in [0.717, 1.165) is 49.6 Å². The summed E-state index contributed by atoms with van der Waals surface area (Å²) in [7, 11) is 1.67. The SMILES string of the molecule is CCN(CC)C(CNC(=O)C1(COC)CCNCC1)c1ccccc1Cl. The normalized spacial score (nSPS) is 17.9. The Bertz CT molecular complexity index is 566. The Balaban J connectivity index is 2.15. The number of nitrogens with one attached hydrogen (secondary N) is 2. The van der Waals surface area contributed by atoms with Gasteiger partial charge in [0.15, 0.2) is 0 Å². The number of nitrogens with zero attached hydrogens (tertiary/aromatic N) is 1. The third kappa shape index (κ3) is 4.97. The van der Waals surface area contributed by atoms with Crippen molar-refractivity contribution in [1.29, 1.82) is 0 Å². The maximum absolute atomic E-state index is 13.1. The molecule has 0 radical (unpaired) electrons. The second-order valence-electron chi connectivity index (χ2n) is 6.93. The molecule has 2 N–H and O–H groups in total. The Morgan fingerprint density at radius 2 is 1.96 bits per heavy atom. The molecule has 26 heavy (non-hydrogen) atoms. The molecule has 1 unspecified atom stereocenters. The van der Waals surface area contributed by atoms with Gasteiger partial charge >= 0.3 is 0 Å². The van der Waals surface area contributed by atoms with E-state index in [-0.39, 0.29) is 11.9 Å². The first-order valence-electron chi connectivity index (χ1n) is 9.54. The fourth-order valence-corrected chi connectivity index (χ4v) is 4.10. The van der Waals surface area contributed by atoms with Gasteiger partial charge in [-0.15, -0.1) is 0 Å². The summed E-state index contributed by atoms with van der Waals surface area (Å²) in [6.07, 6.45) is 1.60. The molecule has 5 nitrogen and oxygen atoms in total. The number of methoxy groups -OCH3 is 1. The number of halogens is 1. The largest absolute Gasteiger partial charge is 0.384 e. The van der Waals surface area contributed by atoms with Crippen LogP contribution in [-0.2, 0) is 9.53 Å². The number of hydrogen-bond donors (Lipinski definition) is 2. The quantitative estimate of drug-likeness (QED) is 0.690. The highest BCUT2D eigenvalue weighted by molar-refractivity contribution is 6.31. The predicted octanol–water partition coefficient (Wildman–Crippen LogP) is 2.86. The second kappa shape index (κ2) is 10.3. The van der Waals surface area contributed by atoms with Crippen LogP contribution in [0.25, 0.3) is 0 Å². The molecule has 1 aliphatic rings. The number of hydrogen-bond acceptors (Lipinski definition) is 4. The van der Waals surface area contributed by atoms with E-state index in [1.165, 1.54) is 0 Å². The standard InChI is InChI=1S/C20H32ClN3O2/c1-4-24(5-2)18(16-8-6-7-9-17(16)21)14-23-19(25)20(15-26-3)10-12-22-13-11-20/h6-9,18,22H,4-5,10-15H2,1-3H3,(H,23,25). The molecule has 1 fully saturated rings. The summed E-state index contributed by atoms with van der Waals surface area (Å²) >= 11 is 6.45. The maximum Gasteiger partial charge on any atom is 0.228 e. The third-order valence-electron chi connectivity index (χ3n) is 5.44. The van der Waals surface area contributed by atoms with E-state index >= 15 is 0 Å². The Hall–Kier alpha value is -1.14. The van der Waals surface area contributed by atoms with Crippen molar-refractivity contribution >= 4 is 17.5 Å². The molecule has 6 heteroatoms. The fourth-order valence-electron chi connectivity index (χ4n) is 3.84. The van der Waals surface area contributed by atoms with Gasteiger partial charge in [-0.05, 0) is 50.7 Å². The lowest BCUT2D eigenvalue weighted by Gasteiger charge is -2.37. The molecule has 1 amide bonds. The number of carbonyl (C=O) groups is 1. The van der Waals surface area contributed by atoms with Gasteiger partial charge in [0, 0.05) is 18.7 Å². The molecule has 0 saturated carbocycles. The van der Waals surface area contributed by atoms with Gasteiger partial charge in [0.1, 0.15) is 0 Å². The number of amides is 1. The molecule has 2 rings (SSSR count). The van der Waals surface area contributed by atoms with Crippen LogP contribution in [0.1, 0.15) is 38.3 Å². The minimum atomic E-state index is -0.436. The molecule has 0 spiro atoms. The summed E-state index contributed by atoms with van der Waals surface area (Å²) in [4.78, 5) is 15.4. The van der Waals surface area contributed by atoms with Crippen molar-refractivity contribution in [3.8, 4) is 0 Å². The average molecular weight is 382 g/mol. The fraction of sp³-hybridized carbons (Fsp3) is 0.650. The number of likely N-dealkylation sites (N-methyl/N-ethyl adjacent to an activating group) is 1. The summed E-state index contributed by atoms with van der Waals surface area (Å²) in [5.74, 6) is 0.0880. The van der Waals surface area contributed by atoms with E-state index in [4.69, 9.17) is 16.3 Å². The molecule has 146 valence electrons. The molecular weight excluding hydrogens is 350 g/mol. The molecule has 1 heterocycles. The average Bonchev–Trinajstić information content (AvgIpc) is 2.66. The van der Waals surface area contributed by atoms with Crippen LogP contribution in [0.15, 0.2) is 24.3 Å². The monoisotopic (exact) mass is 381 g/mol. The van der Waals surface area contributed by atoms with Crippen molar-refractivity contribution in [2.24, 2.45) is 5.41 Å². The van der Waals surface area contributed by atoms with Gasteiger partial charge in [-0.1, -0.05) is 43.6 Å². The molecular formula is C20H32ClN3O2. The van der Waals surface area contributed by atoms with E-state index in [1.807, 2.05) is 24.3 Å². The van der Waals surface area contributed by atoms with Crippen molar-refractivity contribution in [3.63, 3.8) is 0 Å². The van der Waals surface area contributed by atoms with Gasteiger partial charge in [0.25, 0.3) is 0 Å². The first-order valence-corrected chi connectivity index (χ1v) is 9.92. The first kappa shape index (κ1) is 21.2. The van der Waals surface area contributed by atoms with Crippen molar-refractivity contribution in [2.45, 2.75) is 32.7 Å². The Labute approximate surface area is 162 Å². The minimum Gasteiger partial charge on any atom is -0.384 e. The van der Waals surface area contributed by atoms with E-state index in [1.54, 1.807) is 7.11 Å². The second-order valence-corrected chi connectivity index (χ2v) is 7.34. The van der Waals surface area contributed by atoms with Crippen LogP contribution in [0.5, 0.6) is 0 Å². The van der Waals surface area contributed by atoms with Gasteiger partial charge in [0.05, 0.1) is 18.1 Å². The summed E-state index contributed by atoms with van der Waals surface area (Å²) in [5.41, 5.74) is 0.623. The number of rotatable bonds is 9. The van der Waals surface area contributed by atoms with E-state index in [9.17, 15) is 4.79 Å². The van der Waals surface area contributed by atoms with Crippen LogP contribution < -0.4 is 10.6 Å². The van der Waals surface area contributed by atoms with Gasteiger partial charge in [0.2, 0.25) is 5.91 Å². The molecule has 1 aromatic rings. The van der Waals surface area contributed by atoms with Crippen LogP contribution in [0, 0.1) is 5.41 Å². The minimum absolute atomic E-state index is 0.0592. The van der Waals surface area contributed by atoms with Crippen LogP contribution in [0.4, 0.5) is 0 Å². The van der Waals surface area contributed by atoms with Gasteiger partial charge in [-0.3, -0.25) is 9.69 Å². The van der Waals surface area contributed by atoms with E-state index < -0.39 is 5.41 Å². The highest BCUT2D eigenvalue weighted by atomic mass is 35.5. The first-order chi connectivity index (χ1) is 12.6. The van der Waals surface area contributed by atoms with Crippen LogP contribution in [0.3, 0.4) is 0 Å². The Morgan fingerprint density at radius 3 is 2.54 bits per heavy atom. The van der Waals surface area contributed by atoms with Crippen molar-refractivity contribution in [1.82, 2.24) is 15.5 Å². The van der Waals surface area contributed by atoms with E-state index in [2.05, 4.69) is 29.4 Å². The summed E-state index contributed by atoms with van der Waals surface area (Å²) < 4.78 is 5.39. The van der Waals surface area contributed by atoms with Crippen molar-refractivity contribution in [3.05, 3.63) is 34.9 Å². The Kier molecular flexibility index (Phi) is 8.35. The molecule has 0 aromatic heterocycles. The zero-order valence-corrected chi connectivity index (χ0v) is 16.9. The van der Waals surface area contributed by atoms with Crippen molar-refractivity contribution < 1.29 is 9.53 Å². The van der Waals surface area contributed by atoms with Crippen LogP contribution >= 0.6 is 11.6 Å². The summed E-state index contributed by atoms with van der Waals surface area (Å²) in [6, 6.07) is 7.95. The molecule has 1 saturated heterocycles. The van der Waals surface area contributed by atoms with Crippen molar-refractivity contribution in [2.75, 3.05) is 46.4 Å². The zero-order valence-electron chi connectivity index (χ0n) is 16.2. The van der Waals surface area contributed by atoms with Crippen LogP contribution in [-0.4, -0.2) is 57.2 Å². The number of piperidine rings is 1. The molecule has 1 aliphatic heterocycles. The van der Waals surface area contributed by atoms with Crippen LogP contribution in [0.2, 0.25) is 5.02 Å². The zero-order chi connectivity index (χ0) is 19.0. The third-order valence-corrected chi connectivity index (χ3v) is 5.78. The summed E-state index contributed by atoms with van der Waals surface area (Å²) in [6.45, 7) is 8.76.